The summed E-state index contributed by atoms with van der Waals surface area (Å²) in [7, 11) is 0. The molecule has 3 aromatic rings. The summed E-state index contributed by atoms with van der Waals surface area (Å²) < 4.78 is 12.2. The molecule has 0 atom stereocenters. The summed E-state index contributed by atoms with van der Waals surface area (Å²) >= 11 is 3.40. The van der Waals surface area contributed by atoms with Crippen LogP contribution in [0.15, 0.2) is 57.4 Å². The topological polar surface area (TPSA) is 48.2 Å². The second kappa shape index (κ2) is 6.10. The number of benzene rings is 2. The third kappa shape index (κ3) is 3.49. The summed E-state index contributed by atoms with van der Waals surface area (Å²) in [5, 5.41) is 7.86. The maximum atomic E-state index is 5.76. The molecule has 2 aromatic carbocycles. The van der Waals surface area contributed by atoms with E-state index in [4.69, 9.17) is 9.15 Å². The van der Waals surface area contributed by atoms with Gasteiger partial charge in [0, 0.05) is 17.0 Å². The smallest absolute Gasteiger partial charge is 0.247 e. The quantitative estimate of drug-likeness (QED) is 0.704. The molecular formula is C16H13BrN2O2. The Morgan fingerprint density at radius 1 is 1.10 bits per heavy atom. The maximum absolute atomic E-state index is 5.76. The average Bonchev–Trinajstić information content (AvgIpc) is 2.94. The lowest BCUT2D eigenvalue weighted by atomic mass is 10.1. The van der Waals surface area contributed by atoms with E-state index in [1.165, 1.54) is 0 Å². The van der Waals surface area contributed by atoms with Crippen LogP contribution in [0.1, 0.15) is 11.5 Å². The second-order valence-electron chi connectivity index (χ2n) is 4.57. The number of aromatic nitrogens is 2. The standard InChI is InChI=1S/C16H13BrN2O2/c1-11-18-19-16(21-11)13-4-2-3-12(9-13)10-20-15-7-5-14(17)6-8-15/h2-9H,10H2,1H3. The Morgan fingerprint density at radius 3 is 2.62 bits per heavy atom. The van der Waals surface area contributed by atoms with Gasteiger partial charge in [0.1, 0.15) is 12.4 Å². The highest BCUT2D eigenvalue weighted by Gasteiger charge is 2.06. The number of nitrogens with zero attached hydrogens (tertiary/aromatic N) is 2. The second-order valence-corrected chi connectivity index (χ2v) is 5.48. The number of aryl methyl sites for hydroxylation is 1. The largest absolute Gasteiger partial charge is 0.489 e. The Kier molecular flexibility index (Phi) is 4.01. The predicted molar refractivity (Wildman–Crippen MR) is 82.9 cm³/mol. The van der Waals surface area contributed by atoms with Crippen LogP contribution in [0.2, 0.25) is 0 Å². The summed E-state index contributed by atoms with van der Waals surface area (Å²) in [6, 6.07) is 15.6. The van der Waals surface area contributed by atoms with Crippen LogP contribution in [-0.2, 0) is 6.61 Å². The highest BCUT2D eigenvalue weighted by molar-refractivity contribution is 9.10. The molecule has 0 aliphatic rings. The van der Waals surface area contributed by atoms with Gasteiger partial charge in [0.25, 0.3) is 0 Å². The zero-order chi connectivity index (χ0) is 14.7. The summed E-state index contributed by atoms with van der Waals surface area (Å²) in [5.74, 6) is 1.91. The summed E-state index contributed by atoms with van der Waals surface area (Å²) in [6.07, 6.45) is 0. The Labute approximate surface area is 130 Å². The van der Waals surface area contributed by atoms with Crippen LogP contribution in [-0.4, -0.2) is 10.2 Å². The first-order chi connectivity index (χ1) is 10.2. The van der Waals surface area contributed by atoms with Crippen molar-refractivity contribution in [1.29, 1.82) is 0 Å². The fraction of sp³-hybridized carbons (Fsp3) is 0.125. The van der Waals surface area contributed by atoms with Gasteiger partial charge >= 0.3 is 0 Å². The van der Waals surface area contributed by atoms with E-state index in [0.29, 0.717) is 18.4 Å². The first-order valence-corrected chi connectivity index (χ1v) is 7.28. The lowest BCUT2D eigenvalue weighted by Crippen LogP contribution is -1.95. The van der Waals surface area contributed by atoms with Crippen molar-refractivity contribution in [1.82, 2.24) is 10.2 Å². The van der Waals surface area contributed by atoms with Gasteiger partial charge in [-0.25, -0.2) is 0 Å². The molecular weight excluding hydrogens is 332 g/mol. The molecule has 0 N–H and O–H groups in total. The minimum atomic E-state index is 0.489. The fourth-order valence-electron chi connectivity index (χ4n) is 1.90. The molecule has 1 aromatic heterocycles. The van der Waals surface area contributed by atoms with E-state index < -0.39 is 0 Å². The molecule has 5 heteroatoms. The van der Waals surface area contributed by atoms with E-state index in [0.717, 1.165) is 21.3 Å². The number of hydrogen-bond acceptors (Lipinski definition) is 4. The van der Waals surface area contributed by atoms with E-state index in [1.807, 2.05) is 48.5 Å². The Hall–Kier alpha value is -2.14. The SMILES string of the molecule is Cc1nnc(-c2cccc(COc3ccc(Br)cc3)c2)o1. The van der Waals surface area contributed by atoms with Crippen LogP contribution in [0.5, 0.6) is 5.75 Å². The van der Waals surface area contributed by atoms with Gasteiger partial charge in [0.15, 0.2) is 0 Å². The van der Waals surface area contributed by atoms with Crippen LogP contribution in [0, 0.1) is 6.92 Å². The number of rotatable bonds is 4. The highest BCUT2D eigenvalue weighted by atomic mass is 79.9. The molecule has 106 valence electrons. The van der Waals surface area contributed by atoms with E-state index in [2.05, 4.69) is 26.1 Å². The van der Waals surface area contributed by atoms with Crippen molar-refractivity contribution in [3.8, 4) is 17.2 Å². The molecule has 0 amide bonds. The summed E-state index contributed by atoms with van der Waals surface area (Å²) in [6.45, 7) is 2.26. The first kappa shape index (κ1) is 13.8. The highest BCUT2D eigenvalue weighted by Crippen LogP contribution is 2.21. The van der Waals surface area contributed by atoms with Crippen LogP contribution < -0.4 is 4.74 Å². The molecule has 1 heterocycles. The monoisotopic (exact) mass is 344 g/mol. The van der Waals surface area contributed by atoms with Gasteiger partial charge in [-0.3, -0.25) is 0 Å². The zero-order valence-corrected chi connectivity index (χ0v) is 13.0. The normalized spacial score (nSPS) is 10.6. The summed E-state index contributed by atoms with van der Waals surface area (Å²) in [4.78, 5) is 0. The molecule has 0 bridgehead atoms. The van der Waals surface area contributed by atoms with Gasteiger partial charge < -0.3 is 9.15 Å². The Bertz CT molecular complexity index is 738. The molecule has 4 nitrogen and oxygen atoms in total. The Balaban J connectivity index is 1.73. The van der Waals surface area contributed by atoms with Crippen LogP contribution in [0.3, 0.4) is 0 Å². The zero-order valence-electron chi connectivity index (χ0n) is 11.4. The minimum absolute atomic E-state index is 0.489. The molecule has 0 radical (unpaired) electrons. The van der Waals surface area contributed by atoms with Gasteiger partial charge in [0.2, 0.25) is 11.8 Å². The number of ether oxygens (including phenoxy) is 1. The van der Waals surface area contributed by atoms with Crippen LogP contribution >= 0.6 is 15.9 Å². The lowest BCUT2D eigenvalue weighted by molar-refractivity contribution is 0.306. The van der Waals surface area contributed by atoms with E-state index in [9.17, 15) is 0 Å². The molecule has 0 fully saturated rings. The molecule has 21 heavy (non-hydrogen) atoms. The van der Waals surface area contributed by atoms with Gasteiger partial charge in [0.05, 0.1) is 0 Å². The van der Waals surface area contributed by atoms with Crippen molar-refractivity contribution >= 4 is 15.9 Å². The van der Waals surface area contributed by atoms with Crippen molar-refractivity contribution in [2.24, 2.45) is 0 Å². The third-order valence-corrected chi connectivity index (χ3v) is 3.45. The minimum Gasteiger partial charge on any atom is -0.489 e. The van der Waals surface area contributed by atoms with Crippen molar-refractivity contribution in [2.75, 3.05) is 0 Å². The third-order valence-electron chi connectivity index (χ3n) is 2.92. The molecule has 0 aliphatic carbocycles. The number of hydrogen-bond donors (Lipinski definition) is 0. The van der Waals surface area contributed by atoms with Gasteiger partial charge in [-0.15, -0.1) is 10.2 Å². The maximum Gasteiger partial charge on any atom is 0.247 e. The van der Waals surface area contributed by atoms with Crippen molar-refractivity contribution in [2.45, 2.75) is 13.5 Å². The molecule has 0 saturated heterocycles. The molecule has 0 unspecified atom stereocenters. The lowest BCUT2D eigenvalue weighted by Gasteiger charge is -2.07. The van der Waals surface area contributed by atoms with E-state index in [1.54, 1.807) is 6.92 Å². The molecule has 0 saturated carbocycles. The molecule has 3 rings (SSSR count). The van der Waals surface area contributed by atoms with Crippen LogP contribution in [0.25, 0.3) is 11.5 Å². The summed E-state index contributed by atoms with van der Waals surface area (Å²) in [5.41, 5.74) is 1.94. The van der Waals surface area contributed by atoms with Crippen molar-refractivity contribution in [3.63, 3.8) is 0 Å². The van der Waals surface area contributed by atoms with E-state index in [-0.39, 0.29) is 0 Å². The van der Waals surface area contributed by atoms with Gasteiger partial charge in [-0.1, -0.05) is 28.1 Å². The van der Waals surface area contributed by atoms with Crippen LogP contribution in [0.4, 0.5) is 0 Å². The predicted octanol–water partition coefficient (Wildman–Crippen LogP) is 4.39. The first-order valence-electron chi connectivity index (χ1n) is 6.48. The fourth-order valence-corrected chi connectivity index (χ4v) is 2.17. The number of halogens is 1. The molecule has 0 spiro atoms. The van der Waals surface area contributed by atoms with Gasteiger partial charge in [-0.2, -0.15) is 0 Å². The van der Waals surface area contributed by atoms with Crippen molar-refractivity contribution < 1.29 is 9.15 Å². The van der Waals surface area contributed by atoms with Gasteiger partial charge in [-0.05, 0) is 42.0 Å². The van der Waals surface area contributed by atoms with E-state index >= 15 is 0 Å². The molecule has 0 aliphatic heterocycles. The Morgan fingerprint density at radius 2 is 1.90 bits per heavy atom. The average molecular weight is 345 g/mol. The van der Waals surface area contributed by atoms with Crippen molar-refractivity contribution in [3.05, 3.63) is 64.5 Å².